The molecular formula is C23H29N5O3. The number of nitrogens with zero attached hydrogens (tertiary/aromatic N) is 3. The second-order valence-electron chi connectivity index (χ2n) is 6.72. The number of aromatic nitrogens is 2. The number of ether oxygens (including phenoxy) is 3. The lowest BCUT2D eigenvalue weighted by atomic mass is 10.3. The summed E-state index contributed by atoms with van der Waals surface area (Å²) in [5.74, 6) is 2.27. The molecule has 0 saturated heterocycles. The quantitative estimate of drug-likeness (QED) is 0.295. The summed E-state index contributed by atoms with van der Waals surface area (Å²) < 4.78 is 17.8. The molecule has 0 aliphatic carbocycles. The molecule has 8 nitrogen and oxygen atoms in total. The lowest BCUT2D eigenvalue weighted by Crippen LogP contribution is -2.30. The molecule has 164 valence electrons. The number of anilines is 1. The third-order valence-corrected chi connectivity index (χ3v) is 4.50. The van der Waals surface area contributed by atoms with Crippen molar-refractivity contribution >= 4 is 11.6 Å². The van der Waals surface area contributed by atoms with Crippen molar-refractivity contribution in [2.45, 2.75) is 13.0 Å². The minimum Gasteiger partial charge on any atom is -0.497 e. The number of hydrogen-bond donors (Lipinski definition) is 2. The van der Waals surface area contributed by atoms with E-state index in [1.165, 1.54) is 0 Å². The SMILES string of the molecule is CN=C(NCc1ccn(-c2ccc(OC)cc2)n1)Nc1cccc(OCCCOC)c1. The van der Waals surface area contributed by atoms with Gasteiger partial charge in [-0.15, -0.1) is 0 Å². The topological polar surface area (TPSA) is 81.9 Å². The number of nitrogens with one attached hydrogen (secondary N) is 2. The molecule has 0 spiro atoms. The van der Waals surface area contributed by atoms with Gasteiger partial charge in [0, 0.05) is 45.1 Å². The monoisotopic (exact) mass is 423 g/mol. The highest BCUT2D eigenvalue weighted by atomic mass is 16.5. The molecule has 2 aromatic carbocycles. The highest BCUT2D eigenvalue weighted by Crippen LogP contribution is 2.18. The first kappa shape index (κ1) is 22.2. The summed E-state index contributed by atoms with van der Waals surface area (Å²) in [7, 11) is 5.07. The maximum absolute atomic E-state index is 5.75. The first-order valence-electron chi connectivity index (χ1n) is 10.1. The molecule has 31 heavy (non-hydrogen) atoms. The Kier molecular flexibility index (Phi) is 8.30. The molecule has 3 rings (SSSR count). The van der Waals surface area contributed by atoms with Crippen LogP contribution in [-0.2, 0) is 11.3 Å². The van der Waals surface area contributed by atoms with Crippen molar-refractivity contribution in [1.29, 1.82) is 0 Å². The first-order chi connectivity index (χ1) is 15.2. The lowest BCUT2D eigenvalue weighted by molar-refractivity contribution is 0.172. The van der Waals surface area contributed by atoms with Crippen molar-refractivity contribution in [2.75, 3.05) is 39.8 Å². The summed E-state index contributed by atoms with van der Waals surface area (Å²) in [4.78, 5) is 4.29. The van der Waals surface area contributed by atoms with E-state index in [1.54, 1.807) is 21.3 Å². The van der Waals surface area contributed by atoms with Crippen molar-refractivity contribution < 1.29 is 14.2 Å². The second-order valence-corrected chi connectivity index (χ2v) is 6.72. The number of methoxy groups -OCH3 is 2. The fraction of sp³-hybridized carbons (Fsp3) is 0.304. The predicted octanol–water partition coefficient (Wildman–Crippen LogP) is 3.48. The molecule has 0 aliphatic heterocycles. The summed E-state index contributed by atoms with van der Waals surface area (Å²) in [5, 5.41) is 11.2. The van der Waals surface area contributed by atoms with Crippen LogP contribution in [0.15, 0.2) is 65.8 Å². The molecule has 0 fully saturated rings. The number of guanidine groups is 1. The Hall–Kier alpha value is -3.52. The first-order valence-corrected chi connectivity index (χ1v) is 10.1. The van der Waals surface area contributed by atoms with E-state index in [0.717, 1.165) is 35.0 Å². The van der Waals surface area contributed by atoms with Gasteiger partial charge in [-0.1, -0.05) is 6.07 Å². The van der Waals surface area contributed by atoms with Gasteiger partial charge in [0.1, 0.15) is 11.5 Å². The van der Waals surface area contributed by atoms with E-state index in [4.69, 9.17) is 14.2 Å². The second kappa shape index (κ2) is 11.6. The fourth-order valence-corrected chi connectivity index (χ4v) is 2.88. The van der Waals surface area contributed by atoms with E-state index in [0.29, 0.717) is 25.7 Å². The Labute approximate surface area is 182 Å². The Morgan fingerprint density at radius 1 is 1.03 bits per heavy atom. The molecule has 1 aromatic heterocycles. The number of hydrogen-bond acceptors (Lipinski definition) is 5. The molecule has 0 atom stereocenters. The van der Waals surface area contributed by atoms with Gasteiger partial charge in [0.25, 0.3) is 0 Å². The van der Waals surface area contributed by atoms with Gasteiger partial charge >= 0.3 is 0 Å². The zero-order chi connectivity index (χ0) is 21.9. The van der Waals surface area contributed by atoms with Gasteiger partial charge in [-0.25, -0.2) is 4.68 Å². The average Bonchev–Trinajstić information content (AvgIpc) is 3.29. The van der Waals surface area contributed by atoms with Crippen LogP contribution in [0.1, 0.15) is 12.1 Å². The van der Waals surface area contributed by atoms with Crippen molar-refractivity contribution in [2.24, 2.45) is 4.99 Å². The van der Waals surface area contributed by atoms with Gasteiger partial charge in [0.05, 0.1) is 31.6 Å². The van der Waals surface area contributed by atoms with Gasteiger partial charge in [0.2, 0.25) is 0 Å². The van der Waals surface area contributed by atoms with Crippen LogP contribution in [0.4, 0.5) is 5.69 Å². The van der Waals surface area contributed by atoms with Crippen LogP contribution >= 0.6 is 0 Å². The number of benzene rings is 2. The van der Waals surface area contributed by atoms with Crippen LogP contribution in [0.25, 0.3) is 5.69 Å². The minimum absolute atomic E-state index is 0.538. The van der Waals surface area contributed by atoms with E-state index in [-0.39, 0.29) is 0 Å². The van der Waals surface area contributed by atoms with Crippen molar-refractivity contribution in [3.63, 3.8) is 0 Å². The molecule has 0 aliphatic rings. The Balaban J connectivity index is 1.53. The predicted molar refractivity (Wildman–Crippen MR) is 122 cm³/mol. The molecule has 0 saturated carbocycles. The maximum Gasteiger partial charge on any atom is 0.195 e. The van der Waals surface area contributed by atoms with E-state index in [9.17, 15) is 0 Å². The van der Waals surface area contributed by atoms with E-state index in [1.807, 2.05) is 65.5 Å². The molecule has 1 heterocycles. The third kappa shape index (κ3) is 6.75. The van der Waals surface area contributed by atoms with Gasteiger partial charge in [0.15, 0.2) is 5.96 Å². The highest BCUT2D eigenvalue weighted by molar-refractivity contribution is 5.93. The standard InChI is InChI=1S/C23H29N5O3/c1-24-23(26-18-6-4-7-22(16-18)31-15-5-14-29-2)25-17-19-12-13-28(27-19)20-8-10-21(30-3)11-9-20/h4,6-13,16H,5,14-15,17H2,1-3H3,(H2,24,25,26). The van der Waals surface area contributed by atoms with E-state index in [2.05, 4.69) is 20.7 Å². The van der Waals surface area contributed by atoms with Gasteiger partial charge < -0.3 is 24.8 Å². The van der Waals surface area contributed by atoms with Crippen LogP contribution in [0, 0.1) is 0 Å². The molecule has 0 radical (unpaired) electrons. The molecule has 8 heteroatoms. The molecule has 0 bridgehead atoms. The lowest BCUT2D eigenvalue weighted by Gasteiger charge is -2.12. The van der Waals surface area contributed by atoms with E-state index < -0.39 is 0 Å². The number of aliphatic imine (C=N–C) groups is 1. The highest BCUT2D eigenvalue weighted by Gasteiger charge is 2.05. The summed E-state index contributed by atoms with van der Waals surface area (Å²) in [6.07, 6.45) is 2.78. The Bertz CT molecular complexity index is 969. The summed E-state index contributed by atoms with van der Waals surface area (Å²) in [6, 6.07) is 17.5. The molecule has 3 aromatic rings. The van der Waals surface area contributed by atoms with E-state index >= 15 is 0 Å². The fourth-order valence-electron chi connectivity index (χ4n) is 2.88. The smallest absolute Gasteiger partial charge is 0.195 e. The van der Waals surface area contributed by atoms with Crippen LogP contribution in [0.3, 0.4) is 0 Å². The molecule has 0 unspecified atom stereocenters. The molecular weight excluding hydrogens is 394 g/mol. The van der Waals surface area contributed by atoms with Crippen molar-refractivity contribution in [3.8, 4) is 17.2 Å². The van der Waals surface area contributed by atoms with Crippen LogP contribution in [-0.4, -0.2) is 50.2 Å². The largest absolute Gasteiger partial charge is 0.497 e. The van der Waals surface area contributed by atoms with Gasteiger partial charge in [-0.3, -0.25) is 4.99 Å². The van der Waals surface area contributed by atoms with Crippen LogP contribution in [0.5, 0.6) is 11.5 Å². The van der Waals surface area contributed by atoms with Gasteiger partial charge in [-0.05, 0) is 42.5 Å². The Morgan fingerprint density at radius 2 is 1.87 bits per heavy atom. The summed E-state index contributed by atoms with van der Waals surface area (Å²) in [6.45, 7) is 1.83. The summed E-state index contributed by atoms with van der Waals surface area (Å²) >= 11 is 0. The third-order valence-electron chi connectivity index (χ3n) is 4.50. The maximum atomic E-state index is 5.75. The average molecular weight is 424 g/mol. The van der Waals surface area contributed by atoms with Gasteiger partial charge in [-0.2, -0.15) is 5.10 Å². The number of rotatable bonds is 10. The van der Waals surface area contributed by atoms with Crippen molar-refractivity contribution in [3.05, 3.63) is 66.5 Å². The Morgan fingerprint density at radius 3 is 2.61 bits per heavy atom. The molecule has 2 N–H and O–H groups in total. The van der Waals surface area contributed by atoms with Crippen LogP contribution < -0.4 is 20.1 Å². The minimum atomic E-state index is 0.538. The summed E-state index contributed by atoms with van der Waals surface area (Å²) in [5.41, 5.74) is 2.76. The normalized spacial score (nSPS) is 11.3. The van der Waals surface area contributed by atoms with Crippen LogP contribution in [0.2, 0.25) is 0 Å². The van der Waals surface area contributed by atoms with Crippen molar-refractivity contribution in [1.82, 2.24) is 15.1 Å². The molecule has 0 amide bonds. The zero-order valence-electron chi connectivity index (χ0n) is 18.2. The zero-order valence-corrected chi connectivity index (χ0v) is 18.2.